The maximum atomic E-state index is 6.54. The van der Waals surface area contributed by atoms with Crippen LogP contribution in [0.4, 0.5) is 0 Å². The molecule has 0 radical (unpaired) electrons. The lowest BCUT2D eigenvalue weighted by molar-refractivity contribution is 0.328. The van der Waals surface area contributed by atoms with E-state index in [2.05, 4.69) is 61.3 Å². The van der Waals surface area contributed by atoms with Crippen molar-refractivity contribution in [1.82, 2.24) is 4.90 Å². The summed E-state index contributed by atoms with van der Waals surface area (Å²) in [6, 6.07) is 14.9. The van der Waals surface area contributed by atoms with Gasteiger partial charge in [0.2, 0.25) is 0 Å². The Morgan fingerprint density at radius 3 is 2.58 bits per heavy atom. The Balaban J connectivity index is 2.06. The van der Waals surface area contributed by atoms with Crippen LogP contribution in [0.15, 0.2) is 42.5 Å². The Morgan fingerprint density at radius 1 is 1.11 bits per heavy atom. The van der Waals surface area contributed by atoms with E-state index in [1.54, 1.807) is 0 Å². The molecule has 0 spiro atoms. The Kier molecular flexibility index (Phi) is 5.24. The molecule has 0 aliphatic heterocycles. The second-order valence-corrected chi connectivity index (χ2v) is 5.72. The van der Waals surface area contributed by atoms with Crippen molar-refractivity contribution in [3.05, 3.63) is 48.0 Å². The van der Waals surface area contributed by atoms with Crippen molar-refractivity contribution in [2.45, 2.75) is 25.1 Å². The molecule has 2 heteroatoms. The van der Waals surface area contributed by atoms with Gasteiger partial charge in [0.15, 0.2) is 0 Å². The second kappa shape index (κ2) is 6.93. The van der Waals surface area contributed by atoms with Crippen molar-refractivity contribution in [1.29, 1.82) is 0 Å². The van der Waals surface area contributed by atoms with Gasteiger partial charge in [-0.05, 0) is 42.4 Å². The largest absolute Gasteiger partial charge is 0.305 e. The van der Waals surface area contributed by atoms with Crippen LogP contribution in [0.2, 0.25) is 0 Å². The molecule has 0 fully saturated rings. The van der Waals surface area contributed by atoms with Gasteiger partial charge in [0.1, 0.15) is 0 Å². The molecule has 2 aromatic rings. The predicted molar refractivity (Wildman–Crippen MR) is 84.9 cm³/mol. The van der Waals surface area contributed by atoms with Crippen LogP contribution in [-0.4, -0.2) is 25.0 Å². The number of hydrogen-bond donors (Lipinski definition) is 0. The topological polar surface area (TPSA) is 3.24 Å². The van der Waals surface area contributed by atoms with Gasteiger partial charge in [0, 0.05) is 6.54 Å². The SMILES string of the molecule is CCCCN(C)CC(Cl)c1ccc2ccccc2c1. The standard InChI is InChI=1S/C17H22ClN/c1-3-4-11-19(2)13-17(18)16-10-9-14-7-5-6-8-15(14)12-16/h5-10,12,17H,3-4,11,13H2,1-2H3. The van der Waals surface area contributed by atoms with Crippen LogP contribution in [0, 0.1) is 0 Å². The van der Waals surface area contributed by atoms with Crippen molar-refractivity contribution < 1.29 is 0 Å². The molecule has 0 amide bonds. The van der Waals surface area contributed by atoms with Crippen LogP contribution in [0.25, 0.3) is 10.8 Å². The molecule has 102 valence electrons. The highest BCUT2D eigenvalue weighted by atomic mass is 35.5. The number of alkyl halides is 1. The van der Waals surface area contributed by atoms with Crippen molar-refractivity contribution in [3.63, 3.8) is 0 Å². The highest BCUT2D eigenvalue weighted by Crippen LogP contribution is 2.25. The first kappa shape index (κ1) is 14.4. The molecule has 19 heavy (non-hydrogen) atoms. The number of benzene rings is 2. The Bertz CT molecular complexity index is 523. The summed E-state index contributed by atoms with van der Waals surface area (Å²) in [5.41, 5.74) is 1.21. The van der Waals surface area contributed by atoms with E-state index in [4.69, 9.17) is 11.6 Å². The molecule has 0 aliphatic rings. The molecule has 0 saturated heterocycles. The quantitative estimate of drug-likeness (QED) is 0.681. The summed E-state index contributed by atoms with van der Waals surface area (Å²) in [6.07, 6.45) is 2.46. The van der Waals surface area contributed by atoms with Gasteiger partial charge in [-0.2, -0.15) is 0 Å². The van der Waals surface area contributed by atoms with E-state index in [1.165, 1.54) is 29.2 Å². The number of halogens is 1. The van der Waals surface area contributed by atoms with Gasteiger partial charge in [-0.25, -0.2) is 0 Å². The van der Waals surface area contributed by atoms with Crippen molar-refractivity contribution in [2.75, 3.05) is 20.1 Å². The van der Waals surface area contributed by atoms with Crippen molar-refractivity contribution in [2.24, 2.45) is 0 Å². The second-order valence-electron chi connectivity index (χ2n) is 5.19. The lowest BCUT2D eigenvalue weighted by Crippen LogP contribution is -2.23. The molecule has 0 bridgehead atoms. The minimum atomic E-state index is 0.0615. The van der Waals surface area contributed by atoms with Crippen LogP contribution >= 0.6 is 11.6 Å². The Morgan fingerprint density at radius 2 is 1.84 bits per heavy atom. The van der Waals surface area contributed by atoms with E-state index in [1.807, 2.05) is 0 Å². The van der Waals surface area contributed by atoms with Gasteiger partial charge in [0.05, 0.1) is 5.38 Å². The third kappa shape index (κ3) is 3.95. The molecule has 0 aromatic heterocycles. The van der Waals surface area contributed by atoms with Crippen LogP contribution in [0.5, 0.6) is 0 Å². The van der Waals surface area contributed by atoms with E-state index < -0.39 is 0 Å². The minimum absolute atomic E-state index is 0.0615. The van der Waals surface area contributed by atoms with Gasteiger partial charge in [0.25, 0.3) is 0 Å². The zero-order valence-corrected chi connectivity index (χ0v) is 12.5. The number of fused-ring (bicyclic) bond motifs is 1. The minimum Gasteiger partial charge on any atom is -0.305 e. The van der Waals surface area contributed by atoms with E-state index in [-0.39, 0.29) is 5.38 Å². The smallest absolute Gasteiger partial charge is 0.0712 e. The lowest BCUT2D eigenvalue weighted by atomic mass is 10.0. The number of hydrogen-bond acceptors (Lipinski definition) is 1. The maximum absolute atomic E-state index is 6.54. The zero-order chi connectivity index (χ0) is 13.7. The fourth-order valence-electron chi connectivity index (χ4n) is 2.30. The first-order valence-electron chi connectivity index (χ1n) is 7.02. The summed E-state index contributed by atoms with van der Waals surface area (Å²) >= 11 is 6.54. The van der Waals surface area contributed by atoms with E-state index in [0.29, 0.717) is 0 Å². The highest BCUT2D eigenvalue weighted by Gasteiger charge is 2.11. The molecule has 0 aliphatic carbocycles. The summed E-state index contributed by atoms with van der Waals surface area (Å²) in [5, 5.41) is 2.60. The third-order valence-corrected chi connectivity index (χ3v) is 3.89. The van der Waals surface area contributed by atoms with Gasteiger partial charge >= 0.3 is 0 Å². The maximum Gasteiger partial charge on any atom is 0.0712 e. The molecular formula is C17H22ClN. The van der Waals surface area contributed by atoms with Gasteiger partial charge in [-0.3, -0.25) is 0 Å². The number of unbranched alkanes of at least 4 members (excludes halogenated alkanes) is 1. The van der Waals surface area contributed by atoms with Crippen LogP contribution in [-0.2, 0) is 0 Å². The molecule has 0 saturated carbocycles. The fourth-order valence-corrected chi connectivity index (χ4v) is 2.67. The first-order chi connectivity index (χ1) is 9.20. The first-order valence-corrected chi connectivity index (χ1v) is 7.45. The van der Waals surface area contributed by atoms with Crippen molar-refractivity contribution >= 4 is 22.4 Å². The monoisotopic (exact) mass is 275 g/mol. The van der Waals surface area contributed by atoms with Crippen LogP contribution in [0.1, 0.15) is 30.7 Å². The highest BCUT2D eigenvalue weighted by molar-refractivity contribution is 6.21. The average molecular weight is 276 g/mol. The molecule has 0 N–H and O–H groups in total. The summed E-state index contributed by atoms with van der Waals surface area (Å²) in [5.74, 6) is 0. The molecule has 2 aromatic carbocycles. The number of nitrogens with zero attached hydrogens (tertiary/aromatic N) is 1. The van der Waals surface area contributed by atoms with E-state index >= 15 is 0 Å². The predicted octanol–water partition coefficient (Wildman–Crippen LogP) is 4.85. The number of likely N-dealkylation sites (N-methyl/N-ethyl adjacent to an activating group) is 1. The fraction of sp³-hybridized carbons (Fsp3) is 0.412. The summed E-state index contributed by atoms with van der Waals surface area (Å²) in [7, 11) is 2.14. The molecule has 0 heterocycles. The molecule has 1 unspecified atom stereocenters. The third-order valence-electron chi connectivity index (χ3n) is 3.50. The van der Waals surface area contributed by atoms with E-state index in [9.17, 15) is 0 Å². The molecule has 1 atom stereocenters. The van der Waals surface area contributed by atoms with Crippen LogP contribution in [0.3, 0.4) is 0 Å². The Labute approximate surface area is 121 Å². The normalized spacial score (nSPS) is 13.1. The molecular weight excluding hydrogens is 254 g/mol. The summed E-state index contributed by atoms with van der Waals surface area (Å²) in [6.45, 7) is 4.24. The summed E-state index contributed by atoms with van der Waals surface area (Å²) < 4.78 is 0. The number of rotatable bonds is 6. The van der Waals surface area contributed by atoms with Gasteiger partial charge < -0.3 is 4.90 Å². The van der Waals surface area contributed by atoms with E-state index in [0.717, 1.165) is 13.1 Å². The van der Waals surface area contributed by atoms with Gasteiger partial charge in [-0.15, -0.1) is 11.6 Å². The molecule has 1 nitrogen and oxygen atoms in total. The van der Waals surface area contributed by atoms with Crippen LogP contribution < -0.4 is 0 Å². The summed E-state index contributed by atoms with van der Waals surface area (Å²) in [4.78, 5) is 2.32. The molecule has 2 rings (SSSR count). The Hall–Kier alpha value is -1.05. The van der Waals surface area contributed by atoms with Crippen molar-refractivity contribution in [3.8, 4) is 0 Å². The average Bonchev–Trinajstić information content (AvgIpc) is 2.44. The zero-order valence-electron chi connectivity index (χ0n) is 11.8. The van der Waals surface area contributed by atoms with Gasteiger partial charge in [-0.1, -0.05) is 49.7 Å². The lowest BCUT2D eigenvalue weighted by Gasteiger charge is -2.20.